The van der Waals surface area contributed by atoms with Crippen LogP contribution in [0.5, 0.6) is 0 Å². The lowest BCUT2D eigenvalue weighted by molar-refractivity contribution is 0.0686. The first-order valence-electron chi connectivity index (χ1n) is 6.37. The topological polar surface area (TPSA) is 86.6 Å². The summed E-state index contributed by atoms with van der Waals surface area (Å²) >= 11 is 0. The van der Waals surface area contributed by atoms with E-state index in [0.717, 1.165) is 16.8 Å². The van der Waals surface area contributed by atoms with Crippen LogP contribution in [0.3, 0.4) is 0 Å². The van der Waals surface area contributed by atoms with Crippen molar-refractivity contribution >= 4 is 17.6 Å². The van der Waals surface area contributed by atoms with E-state index in [4.69, 9.17) is 10.2 Å². The molecular weight excluding hydrogens is 270 g/mol. The summed E-state index contributed by atoms with van der Waals surface area (Å²) < 4.78 is 0. The number of anilines is 1. The van der Waals surface area contributed by atoms with Crippen molar-refractivity contribution in [1.29, 1.82) is 0 Å². The number of hydrogen-bond donors (Lipinski definition) is 3. The molecule has 3 N–H and O–H groups in total. The largest absolute Gasteiger partial charge is 0.478 e. The number of benzene rings is 2. The van der Waals surface area contributed by atoms with Gasteiger partial charge in [-0.15, -0.1) is 0 Å². The predicted octanol–water partition coefficient (Wildman–Crippen LogP) is 3.00. The van der Waals surface area contributed by atoms with Crippen molar-refractivity contribution in [2.24, 2.45) is 0 Å². The Morgan fingerprint density at radius 1 is 0.952 bits per heavy atom. The molecular formula is C16H15NO4. The van der Waals surface area contributed by atoms with Gasteiger partial charge in [0.05, 0.1) is 11.1 Å². The second-order valence-corrected chi connectivity index (χ2v) is 4.69. The van der Waals surface area contributed by atoms with Crippen molar-refractivity contribution in [2.75, 3.05) is 5.32 Å². The molecule has 0 saturated carbocycles. The van der Waals surface area contributed by atoms with E-state index < -0.39 is 11.9 Å². The number of carboxylic acids is 2. The Labute approximate surface area is 121 Å². The summed E-state index contributed by atoms with van der Waals surface area (Å²) in [6.45, 7) is 2.38. The van der Waals surface area contributed by atoms with E-state index in [2.05, 4.69) is 5.32 Å². The molecule has 0 aromatic heterocycles. The van der Waals surface area contributed by atoms with E-state index in [1.807, 2.05) is 6.92 Å². The SMILES string of the molecule is Cc1ccc(C(=O)O)cc1NCc1ccc(C(=O)O)cc1. The van der Waals surface area contributed by atoms with Crippen molar-refractivity contribution in [1.82, 2.24) is 0 Å². The van der Waals surface area contributed by atoms with Gasteiger partial charge in [0.25, 0.3) is 0 Å². The van der Waals surface area contributed by atoms with Gasteiger partial charge in [0.15, 0.2) is 0 Å². The number of aromatic carboxylic acids is 2. The molecule has 0 saturated heterocycles. The molecule has 2 aromatic rings. The first-order valence-corrected chi connectivity index (χ1v) is 6.37. The molecule has 21 heavy (non-hydrogen) atoms. The van der Waals surface area contributed by atoms with Gasteiger partial charge >= 0.3 is 11.9 Å². The molecule has 0 aliphatic carbocycles. The van der Waals surface area contributed by atoms with Gasteiger partial charge in [0.1, 0.15) is 0 Å². The molecule has 0 fully saturated rings. The van der Waals surface area contributed by atoms with E-state index >= 15 is 0 Å². The molecule has 0 amide bonds. The lowest BCUT2D eigenvalue weighted by Gasteiger charge is -2.10. The average Bonchev–Trinajstić information content (AvgIpc) is 2.46. The van der Waals surface area contributed by atoms with Crippen LogP contribution in [-0.4, -0.2) is 22.2 Å². The third kappa shape index (κ3) is 3.60. The molecule has 0 unspecified atom stereocenters. The molecule has 5 heteroatoms. The van der Waals surface area contributed by atoms with Crippen LogP contribution in [0, 0.1) is 6.92 Å². The van der Waals surface area contributed by atoms with Gasteiger partial charge in [0.2, 0.25) is 0 Å². The van der Waals surface area contributed by atoms with Crippen LogP contribution in [-0.2, 0) is 6.54 Å². The quantitative estimate of drug-likeness (QED) is 0.786. The first kappa shape index (κ1) is 14.6. The summed E-state index contributed by atoms with van der Waals surface area (Å²) in [4.78, 5) is 21.7. The number of hydrogen-bond acceptors (Lipinski definition) is 3. The summed E-state index contributed by atoms with van der Waals surface area (Å²) in [6.07, 6.45) is 0. The zero-order valence-electron chi connectivity index (χ0n) is 11.5. The zero-order chi connectivity index (χ0) is 15.4. The van der Waals surface area contributed by atoms with Crippen molar-refractivity contribution in [3.63, 3.8) is 0 Å². The van der Waals surface area contributed by atoms with Gasteiger partial charge in [-0.05, 0) is 42.3 Å². The highest BCUT2D eigenvalue weighted by Crippen LogP contribution is 2.18. The Kier molecular flexibility index (Phi) is 4.23. The molecule has 0 spiro atoms. The molecule has 0 atom stereocenters. The van der Waals surface area contributed by atoms with E-state index in [9.17, 15) is 9.59 Å². The zero-order valence-corrected chi connectivity index (χ0v) is 11.5. The molecule has 0 aliphatic heterocycles. The highest BCUT2D eigenvalue weighted by molar-refractivity contribution is 5.89. The van der Waals surface area contributed by atoms with Gasteiger partial charge in [-0.3, -0.25) is 0 Å². The number of nitrogens with one attached hydrogen (secondary N) is 1. The molecule has 5 nitrogen and oxygen atoms in total. The fraction of sp³-hybridized carbons (Fsp3) is 0.125. The minimum atomic E-state index is -0.969. The minimum Gasteiger partial charge on any atom is -0.478 e. The Bertz CT molecular complexity index is 677. The maximum Gasteiger partial charge on any atom is 0.335 e. The van der Waals surface area contributed by atoms with Crippen LogP contribution < -0.4 is 5.32 Å². The molecule has 0 aliphatic rings. The van der Waals surface area contributed by atoms with Gasteiger partial charge in [0, 0.05) is 12.2 Å². The van der Waals surface area contributed by atoms with Crippen LogP contribution in [0.25, 0.3) is 0 Å². The number of rotatable bonds is 5. The monoisotopic (exact) mass is 285 g/mol. The Morgan fingerprint density at radius 3 is 2.10 bits per heavy atom. The van der Waals surface area contributed by atoms with Gasteiger partial charge in [-0.1, -0.05) is 18.2 Å². The minimum absolute atomic E-state index is 0.226. The van der Waals surface area contributed by atoms with Gasteiger partial charge in [-0.25, -0.2) is 9.59 Å². The molecule has 0 radical (unpaired) electrons. The third-order valence-corrected chi connectivity index (χ3v) is 3.17. The maximum absolute atomic E-state index is 11.0. The highest BCUT2D eigenvalue weighted by Gasteiger charge is 2.06. The number of aryl methyl sites for hydroxylation is 1. The predicted molar refractivity (Wildman–Crippen MR) is 78.9 cm³/mol. The summed E-state index contributed by atoms with van der Waals surface area (Å²) in [5.41, 5.74) is 3.08. The Balaban J connectivity index is 2.10. The molecule has 2 aromatic carbocycles. The summed E-state index contributed by atoms with van der Waals surface area (Å²) in [5, 5.41) is 21.0. The van der Waals surface area contributed by atoms with Crippen LogP contribution in [0.1, 0.15) is 31.8 Å². The summed E-state index contributed by atoms with van der Waals surface area (Å²) in [5.74, 6) is -1.93. The Hall–Kier alpha value is -2.82. The van der Waals surface area contributed by atoms with E-state index in [0.29, 0.717) is 6.54 Å². The van der Waals surface area contributed by atoms with Gasteiger partial charge < -0.3 is 15.5 Å². The first-order chi connectivity index (χ1) is 9.97. The lowest BCUT2D eigenvalue weighted by atomic mass is 10.1. The molecule has 108 valence electrons. The van der Waals surface area contributed by atoms with Crippen molar-refractivity contribution < 1.29 is 19.8 Å². The molecule has 2 rings (SSSR count). The molecule has 0 heterocycles. The van der Waals surface area contributed by atoms with Crippen molar-refractivity contribution in [3.8, 4) is 0 Å². The fourth-order valence-electron chi connectivity index (χ4n) is 1.91. The highest BCUT2D eigenvalue weighted by atomic mass is 16.4. The number of carbonyl (C=O) groups is 2. The van der Waals surface area contributed by atoms with Crippen LogP contribution in [0.4, 0.5) is 5.69 Å². The van der Waals surface area contributed by atoms with Gasteiger partial charge in [-0.2, -0.15) is 0 Å². The van der Waals surface area contributed by atoms with Crippen LogP contribution in [0.2, 0.25) is 0 Å². The standard InChI is InChI=1S/C16H15NO4/c1-10-2-5-13(16(20)21)8-14(10)17-9-11-3-6-12(7-4-11)15(18)19/h2-8,17H,9H2,1H3,(H,18,19)(H,20,21). The summed E-state index contributed by atoms with van der Waals surface area (Å²) in [7, 11) is 0. The van der Waals surface area contributed by atoms with Crippen molar-refractivity contribution in [2.45, 2.75) is 13.5 Å². The van der Waals surface area contributed by atoms with E-state index in [1.54, 1.807) is 42.5 Å². The second kappa shape index (κ2) is 6.09. The molecule has 0 bridgehead atoms. The van der Waals surface area contributed by atoms with E-state index in [1.165, 1.54) is 0 Å². The van der Waals surface area contributed by atoms with Crippen molar-refractivity contribution in [3.05, 3.63) is 64.7 Å². The smallest absolute Gasteiger partial charge is 0.335 e. The van der Waals surface area contributed by atoms with Crippen LogP contribution >= 0.6 is 0 Å². The normalized spacial score (nSPS) is 10.1. The van der Waals surface area contributed by atoms with E-state index in [-0.39, 0.29) is 11.1 Å². The maximum atomic E-state index is 11.0. The third-order valence-electron chi connectivity index (χ3n) is 3.17. The Morgan fingerprint density at radius 2 is 1.52 bits per heavy atom. The fourth-order valence-corrected chi connectivity index (χ4v) is 1.91. The average molecular weight is 285 g/mol. The number of carboxylic acid groups (broad SMARTS) is 2. The second-order valence-electron chi connectivity index (χ2n) is 4.69. The summed E-state index contributed by atoms with van der Waals surface area (Å²) in [6, 6.07) is 11.4. The lowest BCUT2D eigenvalue weighted by Crippen LogP contribution is -2.04. The van der Waals surface area contributed by atoms with Crippen LogP contribution in [0.15, 0.2) is 42.5 Å².